The first kappa shape index (κ1) is 16.7. The summed E-state index contributed by atoms with van der Waals surface area (Å²) in [5.41, 5.74) is 0.763. The van der Waals surface area contributed by atoms with Crippen molar-refractivity contribution in [2.24, 2.45) is 5.41 Å². The van der Waals surface area contributed by atoms with Crippen LogP contribution in [0.25, 0.3) is 0 Å². The maximum absolute atomic E-state index is 12.5. The minimum Gasteiger partial charge on any atom is -0.314 e. The van der Waals surface area contributed by atoms with Crippen molar-refractivity contribution in [3.63, 3.8) is 0 Å². The van der Waals surface area contributed by atoms with Crippen LogP contribution in [0.1, 0.15) is 35.6 Å². The van der Waals surface area contributed by atoms with Gasteiger partial charge >= 0.3 is 6.03 Å². The quantitative estimate of drug-likeness (QED) is 0.781. The van der Waals surface area contributed by atoms with Crippen molar-refractivity contribution >= 4 is 39.9 Å². The summed E-state index contributed by atoms with van der Waals surface area (Å²) >= 11 is 7.16. The zero-order chi connectivity index (χ0) is 16.8. The predicted octanol–water partition coefficient (Wildman–Crippen LogP) is 2.63. The van der Waals surface area contributed by atoms with Crippen LogP contribution in [0.4, 0.5) is 9.93 Å². The van der Waals surface area contributed by atoms with E-state index >= 15 is 0 Å². The summed E-state index contributed by atoms with van der Waals surface area (Å²) in [4.78, 5) is 35.5. The molecule has 1 saturated heterocycles. The molecule has 0 atom stereocenters. The molecule has 1 fully saturated rings. The third-order valence-corrected chi connectivity index (χ3v) is 5.50. The first-order chi connectivity index (χ1) is 10.8. The highest BCUT2D eigenvalue weighted by atomic mass is 35.5. The number of amides is 2. The van der Waals surface area contributed by atoms with E-state index in [0.717, 1.165) is 12.1 Å². The van der Waals surface area contributed by atoms with Gasteiger partial charge in [-0.05, 0) is 11.8 Å². The van der Waals surface area contributed by atoms with Gasteiger partial charge in [0.05, 0.1) is 23.9 Å². The largest absolute Gasteiger partial charge is 0.328 e. The first-order valence-electron chi connectivity index (χ1n) is 7.64. The number of hydrogen-bond donors (Lipinski definition) is 0. The van der Waals surface area contributed by atoms with Gasteiger partial charge in [0.25, 0.3) is 0 Å². The van der Waals surface area contributed by atoms with E-state index in [1.165, 1.54) is 11.3 Å². The van der Waals surface area contributed by atoms with Gasteiger partial charge < -0.3 is 4.90 Å². The highest BCUT2D eigenvalue weighted by Crippen LogP contribution is 2.39. The zero-order valence-corrected chi connectivity index (χ0v) is 15.2. The van der Waals surface area contributed by atoms with Gasteiger partial charge in [0.1, 0.15) is 0 Å². The van der Waals surface area contributed by atoms with Crippen molar-refractivity contribution in [3.8, 4) is 0 Å². The SMILES string of the molecule is CN1CN(CCCl)CN(c2nc3c(s2)C(=O)CC(C)(C)C3)C1=O. The van der Waals surface area contributed by atoms with Gasteiger partial charge in [-0.3, -0.25) is 14.6 Å². The van der Waals surface area contributed by atoms with Crippen LogP contribution in [-0.2, 0) is 6.42 Å². The van der Waals surface area contributed by atoms with Crippen molar-refractivity contribution in [1.82, 2.24) is 14.8 Å². The molecule has 8 heteroatoms. The molecule has 0 N–H and O–H groups in total. The lowest BCUT2D eigenvalue weighted by Gasteiger charge is -2.39. The van der Waals surface area contributed by atoms with Gasteiger partial charge in [-0.15, -0.1) is 11.6 Å². The monoisotopic (exact) mass is 356 g/mol. The van der Waals surface area contributed by atoms with E-state index in [9.17, 15) is 9.59 Å². The summed E-state index contributed by atoms with van der Waals surface area (Å²) < 4.78 is 0. The molecule has 0 radical (unpaired) electrons. The zero-order valence-electron chi connectivity index (χ0n) is 13.6. The number of thiazole rings is 1. The fourth-order valence-corrected chi connectivity index (χ4v) is 4.34. The number of urea groups is 1. The summed E-state index contributed by atoms with van der Waals surface area (Å²) in [5, 5.41) is 0.608. The van der Waals surface area contributed by atoms with Gasteiger partial charge in [0.2, 0.25) is 0 Å². The van der Waals surface area contributed by atoms with E-state index < -0.39 is 0 Å². The van der Waals surface area contributed by atoms with Crippen LogP contribution in [-0.4, -0.2) is 59.4 Å². The maximum atomic E-state index is 12.5. The number of nitrogens with zero attached hydrogens (tertiary/aromatic N) is 4. The molecule has 1 aromatic rings. The third-order valence-electron chi connectivity index (χ3n) is 4.17. The van der Waals surface area contributed by atoms with E-state index in [0.29, 0.717) is 42.2 Å². The topological polar surface area (TPSA) is 56.8 Å². The average molecular weight is 357 g/mol. The molecule has 0 unspecified atom stereocenters. The second-order valence-corrected chi connectivity index (χ2v) is 8.34. The van der Waals surface area contributed by atoms with Crippen LogP contribution >= 0.6 is 22.9 Å². The van der Waals surface area contributed by atoms with Gasteiger partial charge in [0, 0.05) is 25.9 Å². The minimum absolute atomic E-state index is 0.0667. The number of rotatable bonds is 3. The van der Waals surface area contributed by atoms with Crippen LogP contribution in [0.15, 0.2) is 0 Å². The lowest BCUT2D eigenvalue weighted by atomic mass is 9.78. The Kier molecular flexibility index (Phi) is 4.37. The Hall–Kier alpha value is -1.18. The molecule has 6 nitrogen and oxygen atoms in total. The molecular formula is C15H21ClN4O2S. The number of carbonyl (C=O) groups is 2. The standard InChI is InChI=1S/C15H21ClN4O2S/c1-15(2)6-10-12(11(21)7-15)23-13(17-10)20-9-19(5-4-16)8-18(3)14(20)22/h4-9H2,1-3H3. The number of anilines is 1. The second kappa shape index (κ2) is 6.03. The van der Waals surface area contributed by atoms with Crippen LogP contribution in [0, 0.1) is 5.41 Å². The van der Waals surface area contributed by atoms with E-state index in [2.05, 4.69) is 23.7 Å². The Labute approximate surface area is 145 Å². The number of carbonyl (C=O) groups excluding carboxylic acids is 2. The molecule has 1 aliphatic heterocycles. The lowest BCUT2D eigenvalue weighted by molar-refractivity contribution is 0.0916. The Morgan fingerprint density at radius 2 is 2.00 bits per heavy atom. The second-order valence-electron chi connectivity index (χ2n) is 6.99. The molecule has 1 aliphatic carbocycles. The number of halogens is 1. The molecule has 0 spiro atoms. The normalized spacial score (nSPS) is 21.7. The number of fused-ring (bicyclic) bond motifs is 1. The molecule has 23 heavy (non-hydrogen) atoms. The van der Waals surface area contributed by atoms with Crippen LogP contribution in [0.2, 0.25) is 0 Å². The van der Waals surface area contributed by atoms with Gasteiger partial charge in [-0.1, -0.05) is 25.2 Å². The van der Waals surface area contributed by atoms with Gasteiger partial charge in [0.15, 0.2) is 10.9 Å². The third kappa shape index (κ3) is 3.22. The minimum atomic E-state index is -0.0892. The Morgan fingerprint density at radius 3 is 2.70 bits per heavy atom. The highest BCUT2D eigenvalue weighted by Gasteiger charge is 2.37. The Bertz CT molecular complexity index is 645. The van der Waals surface area contributed by atoms with Crippen molar-refractivity contribution < 1.29 is 9.59 Å². The molecule has 3 rings (SSSR count). The van der Waals surface area contributed by atoms with Crippen molar-refractivity contribution in [1.29, 1.82) is 0 Å². The number of hydrogen-bond acceptors (Lipinski definition) is 5. The summed E-state index contributed by atoms with van der Waals surface area (Å²) in [5.74, 6) is 0.645. The molecule has 2 aliphatic rings. The van der Waals surface area contributed by atoms with E-state index in [1.54, 1.807) is 16.8 Å². The van der Waals surface area contributed by atoms with Crippen molar-refractivity contribution in [2.75, 3.05) is 37.7 Å². The molecule has 0 saturated carbocycles. The smallest absolute Gasteiger partial charge is 0.314 e. The van der Waals surface area contributed by atoms with E-state index in [4.69, 9.17) is 11.6 Å². The van der Waals surface area contributed by atoms with Crippen LogP contribution in [0.3, 0.4) is 0 Å². The number of aromatic nitrogens is 1. The number of ketones is 1. The average Bonchev–Trinajstić information content (AvgIpc) is 2.85. The van der Waals surface area contributed by atoms with Crippen molar-refractivity contribution in [3.05, 3.63) is 10.6 Å². The van der Waals surface area contributed by atoms with Gasteiger partial charge in [-0.25, -0.2) is 9.78 Å². The highest BCUT2D eigenvalue weighted by molar-refractivity contribution is 7.17. The lowest BCUT2D eigenvalue weighted by Crippen LogP contribution is -2.57. The number of Topliss-reactive ketones (excluding diaryl/α,β-unsaturated/α-hetero) is 1. The first-order valence-corrected chi connectivity index (χ1v) is 9.00. The summed E-state index contributed by atoms with van der Waals surface area (Å²) in [7, 11) is 1.76. The van der Waals surface area contributed by atoms with Crippen LogP contribution in [0.5, 0.6) is 0 Å². The van der Waals surface area contributed by atoms with E-state index in [-0.39, 0.29) is 17.2 Å². The van der Waals surface area contributed by atoms with Crippen molar-refractivity contribution in [2.45, 2.75) is 26.7 Å². The van der Waals surface area contributed by atoms with Gasteiger partial charge in [-0.2, -0.15) is 0 Å². The summed E-state index contributed by atoms with van der Waals surface area (Å²) in [6.45, 7) is 5.87. The summed E-state index contributed by atoms with van der Waals surface area (Å²) in [6.07, 6.45) is 1.31. The molecule has 0 bridgehead atoms. The molecule has 2 heterocycles. The molecule has 1 aromatic heterocycles. The molecule has 126 valence electrons. The molecule has 0 aromatic carbocycles. The molecule has 2 amide bonds. The molecular weight excluding hydrogens is 336 g/mol. The summed E-state index contributed by atoms with van der Waals surface area (Å²) in [6, 6.07) is -0.0892. The Morgan fingerprint density at radius 1 is 1.26 bits per heavy atom. The predicted molar refractivity (Wildman–Crippen MR) is 91.3 cm³/mol. The van der Waals surface area contributed by atoms with E-state index in [1.807, 2.05) is 0 Å². The Balaban J connectivity index is 1.89. The fourth-order valence-electron chi connectivity index (χ4n) is 3.10. The fraction of sp³-hybridized carbons (Fsp3) is 0.667. The van der Waals surface area contributed by atoms with Crippen LogP contribution < -0.4 is 4.90 Å². The maximum Gasteiger partial charge on any atom is 0.328 e. The number of alkyl halides is 1.